The van der Waals surface area contributed by atoms with Crippen LogP contribution in [0.2, 0.25) is 0 Å². The summed E-state index contributed by atoms with van der Waals surface area (Å²) in [5, 5.41) is 15.8. The lowest BCUT2D eigenvalue weighted by atomic mass is 9.95. The van der Waals surface area contributed by atoms with Gasteiger partial charge in [-0.25, -0.2) is 0 Å². The fourth-order valence-electron chi connectivity index (χ4n) is 1.59. The SMILES string of the molecule is CCc1nn(C)cc1NC(=O)C(C)C(C)C(=O)O. The maximum atomic E-state index is 11.9. The molecule has 0 saturated heterocycles. The number of carbonyl (C=O) groups excluding carboxylic acids is 1. The molecule has 0 bridgehead atoms. The molecule has 2 atom stereocenters. The van der Waals surface area contributed by atoms with Crippen LogP contribution in [0.25, 0.3) is 0 Å². The first-order valence-corrected chi connectivity index (χ1v) is 5.93. The van der Waals surface area contributed by atoms with Gasteiger partial charge in [0.2, 0.25) is 5.91 Å². The molecule has 1 aromatic rings. The van der Waals surface area contributed by atoms with Gasteiger partial charge in [-0.1, -0.05) is 20.8 Å². The molecule has 0 aliphatic carbocycles. The Kier molecular flexibility index (Phi) is 4.47. The maximum Gasteiger partial charge on any atom is 0.307 e. The van der Waals surface area contributed by atoms with Gasteiger partial charge in [-0.2, -0.15) is 5.10 Å². The van der Waals surface area contributed by atoms with E-state index in [-0.39, 0.29) is 5.91 Å². The van der Waals surface area contributed by atoms with Gasteiger partial charge in [0.05, 0.1) is 17.3 Å². The Hall–Kier alpha value is -1.85. The summed E-state index contributed by atoms with van der Waals surface area (Å²) < 4.78 is 1.62. The second-order valence-electron chi connectivity index (χ2n) is 4.42. The van der Waals surface area contributed by atoms with Gasteiger partial charge in [0.1, 0.15) is 0 Å². The molecule has 1 heterocycles. The average molecular weight is 253 g/mol. The van der Waals surface area contributed by atoms with Crippen molar-refractivity contribution in [2.24, 2.45) is 18.9 Å². The topological polar surface area (TPSA) is 84.2 Å². The number of anilines is 1. The van der Waals surface area contributed by atoms with Crippen LogP contribution in [0.1, 0.15) is 26.5 Å². The highest BCUT2D eigenvalue weighted by Gasteiger charge is 2.26. The third kappa shape index (κ3) is 3.09. The normalized spacial score (nSPS) is 14.0. The summed E-state index contributed by atoms with van der Waals surface area (Å²) >= 11 is 0. The van der Waals surface area contributed by atoms with E-state index in [9.17, 15) is 9.59 Å². The Labute approximate surface area is 106 Å². The van der Waals surface area contributed by atoms with Gasteiger partial charge in [-0.3, -0.25) is 14.3 Å². The van der Waals surface area contributed by atoms with E-state index >= 15 is 0 Å². The average Bonchev–Trinajstić information content (AvgIpc) is 2.67. The summed E-state index contributed by atoms with van der Waals surface area (Å²) in [6.45, 7) is 5.08. The summed E-state index contributed by atoms with van der Waals surface area (Å²) in [7, 11) is 1.78. The molecule has 0 aliphatic heterocycles. The lowest BCUT2D eigenvalue weighted by Crippen LogP contribution is -2.30. The van der Waals surface area contributed by atoms with Crippen molar-refractivity contribution in [2.45, 2.75) is 27.2 Å². The van der Waals surface area contributed by atoms with E-state index < -0.39 is 17.8 Å². The van der Waals surface area contributed by atoms with Gasteiger partial charge < -0.3 is 10.4 Å². The lowest BCUT2D eigenvalue weighted by molar-refractivity contribution is -0.145. The zero-order valence-electron chi connectivity index (χ0n) is 11.1. The molecule has 0 aliphatic rings. The van der Waals surface area contributed by atoms with Crippen molar-refractivity contribution < 1.29 is 14.7 Å². The minimum absolute atomic E-state index is 0.299. The second-order valence-corrected chi connectivity index (χ2v) is 4.42. The molecule has 0 spiro atoms. The third-order valence-corrected chi connectivity index (χ3v) is 3.05. The molecular weight excluding hydrogens is 234 g/mol. The van der Waals surface area contributed by atoms with Crippen LogP contribution >= 0.6 is 0 Å². The predicted octanol–water partition coefficient (Wildman–Crippen LogP) is 1.28. The number of carbonyl (C=O) groups is 2. The summed E-state index contributed by atoms with van der Waals surface area (Å²) in [6, 6.07) is 0. The first kappa shape index (κ1) is 14.2. The van der Waals surface area contributed by atoms with Crippen LogP contribution < -0.4 is 5.32 Å². The quantitative estimate of drug-likeness (QED) is 0.827. The number of nitrogens with zero attached hydrogens (tertiary/aromatic N) is 2. The number of hydrogen-bond acceptors (Lipinski definition) is 3. The molecule has 0 fully saturated rings. The Morgan fingerprint density at radius 2 is 2.06 bits per heavy atom. The predicted molar refractivity (Wildman–Crippen MR) is 67.2 cm³/mol. The highest BCUT2D eigenvalue weighted by Crippen LogP contribution is 2.18. The molecule has 1 aromatic heterocycles. The molecule has 2 unspecified atom stereocenters. The van der Waals surface area contributed by atoms with Crippen molar-refractivity contribution in [3.05, 3.63) is 11.9 Å². The summed E-state index contributed by atoms with van der Waals surface area (Å²) in [5.74, 6) is -2.58. The monoisotopic (exact) mass is 253 g/mol. The van der Waals surface area contributed by atoms with Crippen molar-refractivity contribution in [1.82, 2.24) is 9.78 Å². The molecule has 0 radical (unpaired) electrons. The van der Waals surface area contributed by atoms with Crippen LogP contribution in [-0.4, -0.2) is 26.8 Å². The summed E-state index contributed by atoms with van der Waals surface area (Å²) in [6.07, 6.45) is 2.42. The zero-order chi connectivity index (χ0) is 13.9. The van der Waals surface area contributed by atoms with Gasteiger partial charge >= 0.3 is 5.97 Å². The number of carboxylic acids is 1. The van der Waals surface area contributed by atoms with Crippen molar-refractivity contribution in [1.29, 1.82) is 0 Å². The van der Waals surface area contributed by atoms with Crippen molar-refractivity contribution in [3.8, 4) is 0 Å². The van der Waals surface area contributed by atoms with Gasteiger partial charge in [-0.15, -0.1) is 0 Å². The molecule has 18 heavy (non-hydrogen) atoms. The number of aryl methyl sites for hydroxylation is 2. The lowest BCUT2D eigenvalue weighted by Gasteiger charge is -2.15. The van der Waals surface area contributed by atoms with Crippen LogP contribution in [0.3, 0.4) is 0 Å². The molecule has 0 aromatic carbocycles. The van der Waals surface area contributed by atoms with E-state index in [1.54, 1.807) is 24.9 Å². The fraction of sp³-hybridized carbons (Fsp3) is 0.583. The van der Waals surface area contributed by atoms with Gasteiger partial charge in [0, 0.05) is 19.2 Å². The number of amides is 1. The number of aromatic nitrogens is 2. The van der Waals surface area contributed by atoms with Crippen molar-refractivity contribution in [2.75, 3.05) is 5.32 Å². The minimum Gasteiger partial charge on any atom is -0.481 e. The number of nitrogens with one attached hydrogen (secondary N) is 1. The highest BCUT2D eigenvalue weighted by atomic mass is 16.4. The Bertz CT molecular complexity index is 453. The molecular formula is C12H19N3O3. The van der Waals surface area contributed by atoms with Gasteiger partial charge in [0.25, 0.3) is 0 Å². The van der Waals surface area contributed by atoms with Crippen molar-refractivity contribution >= 4 is 17.6 Å². The van der Waals surface area contributed by atoms with E-state index in [4.69, 9.17) is 5.11 Å². The molecule has 100 valence electrons. The molecule has 6 heteroatoms. The molecule has 6 nitrogen and oxygen atoms in total. The number of hydrogen-bond donors (Lipinski definition) is 2. The first-order chi connectivity index (χ1) is 8.36. The van der Waals surface area contributed by atoms with E-state index in [0.29, 0.717) is 12.1 Å². The highest BCUT2D eigenvalue weighted by molar-refractivity contribution is 5.95. The summed E-state index contributed by atoms with van der Waals surface area (Å²) in [4.78, 5) is 22.8. The Morgan fingerprint density at radius 3 is 2.56 bits per heavy atom. The van der Waals surface area contributed by atoms with Gasteiger partial charge in [-0.05, 0) is 6.42 Å². The van der Waals surface area contributed by atoms with E-state index in [2.05, 4.69) is 10.4 Å². The van der Waals surface area contributed by atoms with Crippen LogP contribution in [0.4, 0.5) is 5.69 Å². The van der Waals surface area contributed by atoms with E-state index in [1.807, 2.05) is 6.92 Å². The first-order valence-electron chi connectivity index (χ1n) is 5.93. The van der Waals surface area contributed by atoms with Crippen molar-refractivity contribution in [3.63, 3.8) is 0 Å². The number of carboxylic acid groups (broad SMARTS) is 1. The molecule has 1 rings (SSSR count). The number of rotatable bonds is 5. The van der Waals surface area contributed by atoms with Gasteiger partial charge in [0.15, 0.2) is 0 Å². The minimum atomic E-state index is -0.973. The number of aliphatic carboxylic acids is 1. The maximum absolute atomic E-state index is 11.9. The fourth-order valence-corrected chi connectivity index (χ4v) is 1.59. The second kappa shape index (κ2) is 5.66. The smallest absolute Gasteiger partial charge is 0.307 e. The largest absolute Gasteiger partial charge is 0.481 e. The molecule has 2 N–H and O–H groups in total. The van der Waals surface area contributed by atoms with E-state index in [0.717, 1.165) is 5.69 Å². The Morgan fingerprint density at radius 1 is 1.44 bits per heavy atom. The van der Waals surface area contributed by atoms with Crippen LogP contribution in [0, 0.1) is 11.8 Å². The molecule has 1 amide bonds. The standard InChI is InChI=1S/C12H19N3O3/c1-5-9-10(6-15(4)14-9)13-11(16)7(2)8(3)12(17)18/h6-8H,5H2,1-4H3,(H,13,16)(H,17,18). The van der Waals surface area contributed by atoms with Crippen LogP contribution in [0.5, 0.6) is 0 Å². The zero-order valence-corrected chi connectivity index (χ0v) is 11.1. The third-order valence-electron chi connectivity index (χ3n) is 3.05. The van der Waals surface area contributed by atoms with Crippen LogP contribution in [0.15, 0.2) is 6.20 Å². The molecule has 0 saturated carbocycles. The Balaban J connectivity index is 2.78. The van der Waals surface area contributed by atoms with E-state index in [1.165, 1.54) is 6.92 Å². The van der Waals surface area contributed by atoms with Crippen LogP contribution in [-0.2, 0) is 23.1 Å². The summed E-state index contributed by atoms with van der Waals surface area (Å²) in [5.41, 5.74) is 1.44.